The van der Waals surface area contributed by atoms with Crippen molar-refractivity contribution in [3.63, 3.8) is 0 Å². The van der Waals surface area contributed by atoms with E-state index >= 15 is 0 Å². The number of piperidine rings is 1. The van der Waals surface area contributed by atoms with Gasteiger partial charge in [0.1, 0.15) is 5.75 Å². The quantitative estimate of drug-likeness (QED) is 0.866. The Morgan fingerprint density at radius 3 is 3.00 bits per heavy atom. The number of hydrogen-bond acceptors (Lipinski definition) is 4. The minimum absolute atomic E-state index is 0.00720. The van der Waals surface area contributed by atoms with Gasteiger partial charge in [0.05, 0.1) is 13.7 Å². The summed E-state index contributed by atoms with van der Waals surface area (Å²) in [5, 5.41) is 2.93. The first-order chi connectivity index (χ1) is 10.1. The second-order valence-corrected chi connectivity index (χ2v) is 5.74. The maximum atomic E-state index is 12.2. The Bertz CT molecular complexity index is 478. The van der Waals surface area contributed by atoms with Crippen molar-refractivity contribution in [1.29, 1.82) is 0 Å². The van der Waals surface area contributed by atoms with Gasteiger partial charge in [-0.15, -0.1) is 0 Å². The molecule has 0 aromatic heterocycles. The number of carbonyl (C=O) groups excluding carboxylic acids is 1. The standard InChI is InChI=1S/C16H25N3O2/c1-12-6-7-13(9-17)10-19(12)11-16(20)18-14-4-3-5-15(8-14)21-2/h3-5,8,12-13H,6-7,9-11,17H2,1-2H3,(H,18,20). The second kappa shape index (κ2) is 7.43. The van der Waals surface area contributed by atoms with E-state index in [1.165, 1.54) is 0 Å². The molecule has 2 unspecified atom stereocenters. The Balaban J connectivity index is 1.91. The van der Waals surface area contributed by atoms with Crippen LogP contribution in [0.4, 0.5) is 5.69 Å². The van der Waals surface area contributed by atoms with E-state index in [1.54, 1.807) is 7.11 Å². The third-order valence-corrected chi connectivity index (χ3v) is 4.14. The van der Waals surface area contributed by atoms with Crippen LogP contribution in [-0.4, -0.2) is 43.6 Å². The monoisotopic (exact) mass is 291 g/mol. The Labute approximate surface area is 126 Å². The summed E-state index contributed by atoms with van der Waals surface area (Å²) in [6, 6.07) is 7.84. The van der Waals surface area contributed by atoms with Gasteiger partial charge in [0, 0.05) is 24.3 Å². The molecule has 1 aromatic carbocycles. The molecule has 0 spiro atoms. The molecule has 1 saturated heterocycles. The number of nitrogens with zero attached hydrogens (tertiary/aromatic N) is 1. The van der Waals surface area contributed by atoms with E-state index in [1.807, 2.05) is 24.3 Å². The summed E-state index contributed by atoms with van der Waals surface area (Å²) < 4.78 is 5.16. The topological polar surface area (TPSA) is 67.6 Å². The van der Waals surface area contributed by atoms with E-state index in [0.717, 1.165) is 30.8 Å². The van der Waals surface area contributed by atoms with Crippen LogP contribution < -0.4 is 15.8 Å². The molecular weight excluding hydrogens is 266 g/mol. The number of benzene rings is 1. The summed E-state index contributed by atoms with van der Waals surface area (Å²) in [6.45, 7) is 4.18. The van der Waals surface area contributed by atoms with Crippen molar-refractivity contribution >= 4 is 11.6 Å². The minimum Gasteiger partial charge on any atom is -0.497 e. The fourth-order valence-electron chi connectivity index (χ4n) is 2.76. The molecular formula is C16H25N3O2. The van der Waals surface area contributed by atoms with Gasteiger partial charge < -0.3 is 15.8 Å². The Kier molecular flexibility index (Phi) is 5.59. The Morgan fingerprint density at radius 1 is 1.48 bits per heavy atom. The van der Waals surface area contributed by atoms with Gasteiger partial charge in [-0.3, -0.25) is 9.69 Å². The molecule has 5 nitrogen and oxygen atoms in total. The molecule has 1 fully saturated rings. The SMILES string of the molecule is COc1cccc(NC(=O)CN2CC(CN)CCC2C)c1. The number of likely N-dealkylation sites (tertiary alicyclic amines) is 1. The molecule has 5 heteroatoms. The van der Waals surface area contributed by atoms with Crippen LogP contribution in [0.5, 0.6) is 5.75 Å². The highest BCUT2D eigenvalue weighted by molar-refractivity contribution is 5.92. The van der Waals surface area contributed by atoms with Gasteiger partial charge in [0.25, 0.3) is 0 Å². The predicted octanol–water partition coefficient (Wildman–Crippen LogP) is 1.69. The lowest BCUT2D eigenvalue weighted by Gasteiger charge is -2.37. The molecule has 0 aliphatic carbocycles. The zero-order chi connectivity index (χ0) is 15.2. The third-order valence-electron chi connectivity index (χ3n) is 4.14. The lowest BCUT2D eigenvalue weighted by Crippen LogP contribution is -2.47. The van der Waals surface area contributed by atoms with Crippen LogP contribution in [0.3, 0.4) is 0 Å². The van der Waals surface area contributed by atoms with Crippen LogP contribution in [0, 0.1) is 5.92 Å². The first kappa shape index (κ1) is 15.8. The van der Waals surface area contributed by atoms with Crippen molar-refractivity contribution in [3.8, 4) is 5.75 Å². The van der Waals surface area contributed by atoms with Gasteiger partial charge in [0.15, 0.2) is 0 Å². The molecule has 116 valence electrons. The molecule has 1 amide bonds. The van der Waals surface area contributed by atoms with Crippen LogP contribution in [0.1, 0.15) is 19.8 Å². The van der Waals surface area contributed by atoms with Crippen molar-refractivity contribution in [1.82, 2.24) is 4.90 Å². The normalized spacial score (nSPS) is 22.8. The van der Waals surface area contributed by atoms with Crippen molar-refractivity contribution < 1.29 is 9.53 Å². The highest BCUT2D eigenvalue weighted by Crippen LogP contribution is 2.21. The molecule has 1 heterocycles. The first-order valence-corrected chi connectivity index (χ1v) is 7.50. The van der Waals surface area contributed by atoms with Crippen molar-refractivity contribution in [3.05, 3.63) is 24.3 Å². The van der Waals surface area contributed by atoms with Gasteiger partial charge in [-0.1, -0.05) is 6.07 Å². The summed E-state index contributed by atoms with van der Waals surface area (Å²) in [7, 11) is 1.61. The van der Waals surface area contributed by atoms with E-state index in [2.05, 4.69) is 17.1 Å². The van der Waals surface area contributed by atoms with Gasteiger partial charge in [-0.05, 0) is 44.4 Å². The van der Waals surface area contributed by atoms with E-state index in [0.29, 0.717) is 25.0 Å². The van der Waals surface area contributed by atoms with E-state index in [4.69, 9.17) is 10.5 Å². The lowest BCUT2D eigenvalue weighted by molar-refractivity contribution is -0.118. The molecule has 2 rings (SSSR count). The number of nitrogens with one attached hydrogen (secondary N) is 1. The summed E-state index contributed by atoms with van der Waals surface area (Å²) in [6.07, 6.45) is 2.26. The summed E-state index contributed by atoms with van der Waals surface area (Å²) >= 11 is 0. The smallest absolute Gasteiger partial charge is 0.238 e. The van der Waals surface area contributed by atoms with Crippen LogP contribution in [0.2, 0.25) is 0 Å². The van der Waals surface area contributed by atoms with Crippen molar-refractivity contribution in [2.75, 3.05) is 32.1 Å². The van der Waals surface area contributed by atoms with Crippen LogP contribution >= 0.6 is 0 Å². The average molecular weight is 291 g/mol. The molecule has 3 N–H and O–H groups in total. The van der Waals surface area contributed by atoms with Gasteiger partial charge in [-0.25, -0.2) is 0 Å². The fourth-order valence-corrected chi connectivity index (χ4v) is 2.76. The molecule has 1 aromatic rings. The first-order valence-electron chi connectivity index (χ1n) is 7.50. The van der Waals surface area contributed by atoms with E-state index in [9.17, 15) is 4.79 Å². The Morgan fingerprint density at radius 2 is 2.29 bits per heavy atom. The number of rotatable bonds is 5. The van der Waals surface area contributed by atoms with Gasteiger partial charge >= 0.3 is 0 Å². The maximum Gasteiger partial charge on any atom is 0.238 e. The highest BCUT2D eigenvalue weighted by atomic mass is 16.5. The number of carbonyl (C=O) groups is 1. The zero-order valence-corrected chi connectivity index (χ0v) is 12.8. The van der Waals surface area contributed by atoms with E-state index in [-0.39, 0.29) is 5.91 Å². The number of amides is 1. The number of hydrogen-bond donors (Lipinski definition) is 2. The molecule has 0 radical (unpaired) electrons. The number of ether oxygens (including phenoxy) is 1. The number of methoxy groups -OCH3 is 1. The third kappa shape index (κ3) is 4.44. The van der Waals surface area contributed by atoms with Crippen LogP contribution in [0.15, 0.2) is 24.3 Å². The van der Waals surface area contributed by atoms with Crippen molar-refractivity contribution in [2.45, 2.75) is 25.8 Å². The number of anilines is 1. The molecule has 1 aliphatic rings. The zero-order valence-electron chi connectivity index (χ0n) is 12.8. The molecule has 0 bridgehead atoms. The van der Waals surface area contributed by atoms with Crippen LogP contribution in [-0.2, 0) is 4.79 Å². The molecule has 1 aliphatic heterocycles. The number of nitrogens with two attached hydrogens (primary N) is 1. The molecule has 21 heavy (non-hydrogen) atoms. The fraction of sp³-hybridized carbons (Fsp3) is 0.562. The summed E-state index contributed by atoms with van der Waals surface area (Å²) in [5.74, 6) is 1.25. The molecule has 2 atom stereocenters. The Hall–Kier alpha value is -1.59. The largest absolute Gasteiger partial charge is 0.497 e. The second-order valence-electron chi connectivity index (χ2n) is 5.74. The maximum absolute atomic E-state index is 12.2. The van der Waals surface area contributed by atoms with E-state index < -0.39 is 0 Å². The van der Waals surface area contributed by atoms with Gasteiger partial charge in [0.2, 0.25) is 5.91 Å². The van der Waals surface area contributed by atoms with Crippen LogP contribution in [0.25, 0.3) is 0 Å². The summed E-state index contributed by atoms with van der Waals surface area (Å²) in [4.78, 5) is 14.4. The highest BCUT2D eigenvalue weighted by Gasteiger charge is 2.26. The summed E-state index contributed by atoms with van der Waals surface area (Å²) in [5.41, 5.74) is 6.52. The lowest BCUT2D eigenvalue weighted by atomic mass is 9.93. The predicted molar refractivity (Wildman–Crippen MR) is 84.4 cm³/mol. The van der Waals surface area contributed by atoms with Crippen molar-refractivity contribution in [2.24, 2.45) is 11.7 Å². The average Bonchev–Trinajstić information content (AvgIpc) is 2.49. The minimum atomic E-state index is 0.00720. The molecule has 0 saturated carbocycles. The van der Waals surface area contributed by atoms with Gasteiger partial charge in [-0.2, -0.15) is 0 Å².